The van der Waals surface area contributed by atoms with Gasteiger partial charge in [-0.05, 0) is 134 Å². The van der Waals surface area contributed by atoms with Crippen LogP contribution in [0.1, 0.15) is 96.6 Å². The molecule has 0 fully saturated rings. The van der Waals surface area contributed by atoms with Crippen LogP contribution in [0, 0.1) is 0 Å². The summed E-state index contributed by atoms with van der Waals surface area (Å²) in [5, 5.41) is 0. The van der Waals surface area contributed by atoms with Crippen LogP contribution in [-0.4, -0.2) is 4.21 Å². The normalized spacial score (nSPS) is 26.3. The van der Waals surface area contributed by atoms with Gasteiger partial charge in [-0.15, -0.1) is 0 Å². The standard InChI is InChI=1S/C26H30OS/c27-28(23-15-13-19-7-1-5-17-9-3-11-21(23)25(17)19)24-16-14-20-8-2-6-18-10-4-12-22(24)26(18)20/h13-18H,1-12H2/t17-,18+,28?. The van der Waals surface area contributed by atoms with Crippen molar-refractivity contribution in [3.63, 3.8) is 0 Å². The van der Waals surface area contributed by atoms with Crippen molar-refractivity contribution in [2.45, 2.75) is 98.7 Å². The Morgan fingerprint density at radius 3 is 1.50 bits per heavy atom. The van der Waals surface area contributed by atoms with Crippen LogP contribution in [0.4, 0.5) is 0 Å². The summed E-state index contributed by atoms with van der Waals surface area (Å²) < 4.78 is 13.9. The van der Waals surface area contributed by atoms with Crippen LogP contribution in [0.25, 0.3) is 0 Å². The quantitative estimate of drug-likeness (QED) is 0.582. The molecule has 3 atom stereocenters. The predicted molar refractivity (Wildman–Crippen MR) is 115 cm³/mol. The fourth-order valence-electron chi connectivity index (χ4n) is 6.82. The highest BCUT2D eigenvalue weighted by molar-refractivity contribution is 7.85. The van der Waals surface area contributed by atoms with Crippen LogP contribution in [0.2, 0.25) is 0 Å². The van der Waals surface area contributed by atoms with E-state index in [1.807, 2.05) is 0 Å². The molecule has 0 N–H and O–H groups in total. The zero-order valence-electron chi connectivity index (χ0n) is 16.8. The maximum Gasteiger partial charge on any atom is 0.0855 e. The van der Waals surface area contributed by atoms with E-state index in [1.165, 1.54) is 75.3 Å². The fourth-order valence-corrected chi connectivity index (χ4v) is 8.31. The maximum atomic E-state index is 13.9. The zero-order valence-corrected chi connectivity index (χ0v) is 17.6. The van der Waals surface area contributed by atoms with E-state index in [0.29, 0.717) is 0 Å². The predicted octanol–water partition coefficient (Wildman–Crippen LogP) is 6.37. The largest absolute Gasteiger partial charge is 0.249 e. The Bertz CT molecular complexity index is 891. The second-order valence-corrected chi connectivity index (χ2v) is 10.9. The van der Waals surface area contributed by atoms with E-state index >= 15 is 0 Å². The Balaban J connectivity index is 1.49. The van der Waals surface area contributed by atoms with Gasteiger partial charge in [0.25, 0.3) is 0 Å². The molecular formula is C26H30OS. The monoisotopic (exact) mass is 390 g/mol. The summed E-state index contributed by atoms with van der Waals surface area (Å²) >= 11 is 0. The lowest BCUT2D eigenvalue weighted by Crippen LogP contribution is -2.21. The molecule has 1 unspecified atom stereocenters. The summed E-state index contributed by atoms with van der Waals surface area (Å²) in [5.74, 6) is 1.46. The van der Waals surface area contributed by atoms with E-state index in [1.54, 1.807) is 22.3 Å². The summed E-state index contributed by atoms with van der Waals surface area (Å²) in [4.78, 5) is 2.28. The lowest BCUT2D eigenvalue weighted by atomic mass is 9.73. The van der Waals surface area contributed by atoms with Gasteiger partial charge in [-0.3, -0.25) is 0 Å². The molecule has 2 aromatic carbocycles. The van der Waals surface area contributed by atoms with Gasteiger partial charge in [0.05, 0.1) is 10.8 Å². The summed E-state index contributed by atoms with van der Waals surface area (Å²) in [6.07, 6.45) is 15.2. The van der Waals surface area contributed by atoms with Crippen molar-refractivity contribution in [3.8, 4) is 0 Å². The van der Waals surface area contributed by atoms with Crippen molar-refractivity contribution < 1.29 is 4.21 Å². The summed E-state index contributed by atoms with van der Waals surface area (Å²) in [7, 11) is -1.03. The molecule has 4 aliphatic carbocycles. The van der Waals surface area contributed by atoms with Crippen LogP contribution < -0.4 is 0 Å². The highest BCUT2D eigenvalue weighted by Gasteiger charge is 2.32. The van der Waals surface area contributed by atoms with Crippen molar-refractivity contribution in [1.29, 1.82) is 0 Å². The minimum absolute atomic E-state index is 0.732. The molecule has 0 aromatic heterocycles. The Hall–Kier alpha value is -1.41. The molecule has 0 saturated carbocycles. The van der Waals surface area contributed by atoms with Crippen LogP contribution >= 0.6 is 0 Å². The molecule has 1 nitrogen and oxygen atoms in total. The van der Waals surface area contributed by atoms with E-state index in [4.69, 9.17) is 0 Å². The van der Waals surface area contributed by atoms with E-state index in [9.17, 15) is 4.21 Å². The number of hydrogen-bond donors (Lipinski definition) is 0. The molecule has 0 heterocycles. The lowest BCUT2D eigenvalue weighted by molar-refractivity contribution is 0.471. The highest BCUT2D eigenvalue weighted by atomic mass is 32.2. The van der Waals surface area contributed by atoms with Gasteiger partial charge in [0.15, 0.2) is 0 Å². The van der Waals surface area contributed by atoms with Crippen LogP contribution in [-0.2, 0) is 36.5 Å². The molecule has 28 heavy (non-hydrogen) atoms. The van der Waals surface area contributed by atoms with Gasteiger partial charge in [-0.2, -0.15) is 0 Å². The van der Waals surface area contributed by atoms with Crippen LogP contribution in [0.15, 0.2) is 34.1 Å². The van der Waals surface area contributed by atoms with Gasteiger partial charge in [0.2, 0.25) is 0 Å². The topological polar surface area (TPSA) is 17.1 Å². The van der Waals surface area contributed by atoms with Crippen LogP contribution in [0.5, 0.6) is 0 Å². The Kier molecular flexibility index (Phi) is 4.26. The number of hydrogen-bond acceptors (Lipinski definition) is 1. The van der Waals surface area contributed by atoms with Gasteiger partial charge >= 0.3 is 0 Å². The van der Waals surface area contributed by atoms with Gasteiger partial charge in [0, 0.05) is 9.79 Å². The minimum atomic E-state index is -1.03. The van der Waals surface area contributed by atoms with Crippen molar-refractivity contribution in [2.24, 2.45) is 0 Å². The van der Waals surface area contributed by atoms with E-state index in [2.05, 4.69) is 24.3 Å². The first-order valence-corrected chi connectivity index (χ1v) is 12.7. The summed E-state index contributed by atoms with van der Waals surface area (Å²) in [6.45, 7) is 0. The third-order valence-corrected chi connectivity index (χ3v) is 9.54. The molecule has 4 aliphatic rings. The summed E-state index contributed by atoms with van der Waals surface area (Å²) in [6, 6.07) is 9.08. The lowest BCUT2D eigenvalue weighted by Gasteiger charge is -2.34. The molecule has 2 aromatic rings. The van der Waals surface area contributed by atoms with Crippen molar-refractivity contribution in [1.82, 2.24) is 0 Å². The SMILES string of the molecule is O=S(c1ccc2c3c1CCC[C@H]3CCC2)c1ccc2c3c1CCC[C@@H]3CCC2. The molecule has 0 amide bonds. The first-order valence-electron chi connectivity index (χ1n) is 11.5. The van der Waals surface area contributed by atoms with Gasteiger partial charge in [0.1, 0.15) is 0 Å². The molecule has 6 rings (SSSR count). The van der Waals surface area contributed by atoms with E-state index in [0.717, 1.165) is 34.5 Å². The molecule has 0 spiro atoms. The highest BCUT2D eigenvalue weighted by Crippen LogP contribution is 2.46. The molecule has 146 valence electrons. The zero-order chi connectivity index (χ0) is 18.7. The summed E-state index contributed by atoms with van der Waals surface area (Å²) in [5.41, 5.74) is 9.24. The molecule has 0 bridgehead atoms. The maximum absolute atomic E-state index is 13.9. The molecular weight excluding hydrogens is 360 g/mol. The second kappa shape index (κ2) is 6.83. The van der Waals surface area contributed by atoms with Gasteiger partial charge in [-0.1, -0.05) is 12.1 Å². The third kappa shape index (κ3) is 2.60. The average Bonchev–Trinajstić information content (AvgIpc) is 2.75. The molecule has 0 radical (unpaired) electrons. The Morgan fingerprint density at radius 2 is 1.04 bits per heavy atom. The Morgan fingerprint density at radius 1 is 0.607 bits per heavy atom. The number of aryl methyl sites for hydroxylation is 2. The van der Waals surface area contributed by atoms with Gasteiger partial charge in [-0.25, -0.2) is 4.21 Å². The Labute approximate surface area is 171 Å². The minimum Gasteiger partial charge on any atom is -0.249 e. The van der Waals surface area contributed by atoms with Crippen molar-refractivity contribution in [3.05, 3.63) is 57.6 Å². The molecule has 0 saturated heterocycles. The first kappa shape index (κ1) is 17.4. The van der Waals surface area contributed by atoms with E-state index < -0.39 is 10.8 Å². The van der Waals surface area contributed by atoms with Crippen LogP contribution in [0.3, 0.4) is 0 Å². The molecule has 0 aliphatic heterocycles. The fraction of sp³-hybridized carbons (Fsp3) is 0.538. The number of rotatable bonds is 2. The second-order valence-electron chi connectivity index (χ2n) is 9.46. The van der Waals surface area contributed by atoms with Gasteiger partial charge < -0.3 is 0 Å². The average molecular weight is 391 g/mol. The first-order chi connectivity index (χ1) is 13.8. The van der Waals surface area contributed by atoms with Crippen molar-refractivity contribution >= 4 is 10.8 Å². The number of benzene rings is 2. The van der Waals surface area contributed by atoms with Crippen molar-refractivity contribution in [2.75, 3.05) is 0 Å². The third-order valence-electron chi connectivity index (χ3n) is 7.98. The molecule has 2 heteroatoms. The smallest absolute Gasteiger partial charge is 0.0855 e. The van der Waals surface area contributed by atoms with E-state index in [-0.39, 0.29) is 0 Å².